The quantitative estimate of drug-likeness (QED) is 0.575. The molecule has 0 bridgehead atoms. The molecule has 0 radical (unpaired) electrons. The molecule has 2 aliphatic rings. The fourth-order valence-corrected chi connectivity index (χ4v) is 5.23. The maximum absolute atomic E-state index is 2.48. The van der Waals surface area contributed by atoms with Crippen LogP contribution in [0.5, 0.6) is 0 Å². The molecule has 0 spiro atoms. The Kier molecular flexibility index (Phi) is 3.79. The lowest BCUT2D eigenvalue weighted by Gasteiger charge is -2.27. The predicted molar refractivity (Wildman–Crippen MR) is 89.1 cm³/mol. The Balaban J connectivity index is 2.29. The van der Waals surface area contributed by atoms with Gasteiger partial charge in [-0.2, -0.15) is 0 Å². The molecule has 0 saturated carbocycles. The first-order valence-electron chi connectivity index (χ1n) is 7.46. The van der Waals surface area contributed by atoms with Gasteiger partial charge < -0.3 is 0 Å². The topological polar surface area (TPSA) is 0 Å². The molecule has 1 heteroatoms. The van der Waals surface area contributed by atoms with Crippen molar-refractivity contribution in [2.24, 2.45) is 11.8 Å². The van der Waals surface area contributed by atoms with E-state index >= 15 is 0 Å². The zero-order chi connectivity index (χ0) is 14.4. The van der Waals surface area contributed by atoms with Crippen LogP contribution in [0.25, 0.3) is 0 Å². The van der Waals surface area contributed by atoms with Gasteiger partial charge in [0.05, 0.1) is 0 Å². The van der Waals surface area contributed by atoms with E-state index in [-0.39, 0.29) is 0 Å². The van der Waals surface area contributed by atoms with E-state index < -0.39 is 8.07 Å². The highest BCUT2D eigenvalue weighted by molar-refractivity contribution is 6.76. The first kappa shape index (κ1) is 14.6. The average Bonchev–Trinajstić information content (AvgIpc) is 2.78. The van der Waals surface area contributed by atoms with Crippen LogP contribution in [-0.4, -0.2) is 8.07 Å². The lowest BCUT2D eigenvalue weighted by Crippen LogP contribution is -2.25. The molecule has 0 aromatic heterocycles. The largest absolute Gasteiger partial charge is 0.0776 e. The minimum absolute atomic E-state index is 0.580. The Hall–Kier alpha value is -0.823. The van der Waals surface area contributed by atoms with Gasteiger partial charge in [0.1, 0.15) is 0 Å². The van der Waals surface area contributed by atoms with E-state index in [0.29, 0.717) is 11.8 Å². The smallest absolute Gasteiger partial charge is 0.0451 e. The summed E-state index contributed by atoms with van der Waals surface area (Å²) in [5, 5.41) is 0. The van der Waals surface area contributed by atoms with Crippen molar-refractivity contribution in [1.29, 1.82) is 0 Å². The van der Waals surface area contributed by atoms with Gasteiger partial charge in [0.2, 0.25) is 0 Å². The van der Waals surface area contributed by atoms with Crippen molar-refractivity contribution in [2.45, 2.75) is 53.4 Å². The molecule has 1 unspecified atom stereocenters. The van der Waals surface area contributed by atoms with Crippen LogP contribution in [-0.2, 0) is 0 Å². The minimum atomic E-state index is -1.02. The third kappa shape index (κ3) is 2.71. The zero-order valence-corrected chi connectivity index (χ0v) is 14.6. The summed E-state index contributed by atoms with van der Waals surface area (Å²) in [6.45, 7) is 16.7. The predicted octanol–water partition coefficient (Wildman–Crippen LogP) is 5.74. The summed E-state index contributed by atoms with van der Waals surface area (Å²) in [6, 6.07) is 1.38. The molecule has 0 fully saturated rings. The second-order valence-electron chi connectivity index (χ2n) is 7.47. The Morgan fingerprint density at radius 3 is 1.95 bits per heavy atom. The van der Waals surface area contributed by atoms with Crippen LogP contribution in [0.3, 0.4) is 0 Å². The van der Waals surface area contributed by atoms with Crippen LogP contribution in [0.15, 0.2) is 46.1 Å². The second-order valence-corrected chi connectivity index (χ2v) is 13.0. The van der Waals surface area contributed by atoms with Crippen molar-refractivity contribution in [3.63, 3.8) is 0 Å². The molecular formula is C18H28Si. The zero-order valence-electron chi connectivity index (χ0n) is 13.6. The first-order valence-corrected chi connectivity index (χ1v) is 11.2. The molecule has 0 aliphatic heterocycles. The van der Waals surface area contributed by atoms with E-state index in [0.717, 1.165) is 0 Å². The van der Waals surface area contributed by atoms with E-state index in [4.69, 9.17) is 0 Å². The van der Waals surface area contributed by atoms with Gasteiger partial charge in [-0.3, -0.25) is 0 Å². The van der Waals surface area contributed by atoms with Crippen LogP contribution in [0.1, 0.15) is 27.7 Å². The molecule has 19 heavy (non-hydrogen) atoms. The maximum atomic E-state index is 2.48. The molecule has 1 atom stereocenters. The average molecular weight is 273 g/mol. The summed E-state index contributed by atoms with van der Waals surface area (Å²) in [4.78, 5) is 0. The van der Waals surface area contributed by atoms with E-state index in [1.165, 1.54) is 17.2 Å². The van der Waals surface area contributed by atoms with Crippen LogP contribution >= 0.6 is 0 Å². The van der Waals surface area contributed by atoms with Gasteiger partial charge in [-0.05, 0) is 50.8 Å². The summed E-state index contributed by atoms with van der Waals surface area (Å²) >= 11 is 0. The SMILES string of the molecule is CC1=C(C)C(C2=CC=CC2C[Si](C)(C)C)C(C)=C1C. The van der Waals surface area contributed by atoms with Crippen molar-refractivity contribution in [3.8, 4) is 0 Å². The summed E-state index contributed by atoms with van der Waals surface area (Å²) in [5.41, 5.74) is 7.83. The van der Waals surface area contributed by atoms with Crippen LogP contribution < -0.4 is 0 Å². The van der Waals surface area contributed by atoms with Crippen molar-refractivity contribution in [3.05, 3.63) is 46.1 Å². The van der Waals surface area contributed by atoms with E-state index in [2.05, 4.69) is 65.6 Å². The number of hydrogen-bond acceptors (Lipinski definition) is 0. The summed E-state index contributed by atoms with van der Waals surface area (Å²) in [7, 11) is -1.02. The molecule has 0 N–H and O–H groups in total. The lowest BCUT2D eigenvalue weighted by molar-refractivity contribution is 0.716. The van der Waals surface area contributed by atoms with Crippen molar-refractivity contribution < 1.29 is 0 Å². The van der Waals surface area contributed by atoms with E-state index in [1.54, 1.807) is 16.7 Å². The molecule has 2 aliphatic carbocycles. The lowest BCUT2D eigenvalue weighted by atomic mass is 9.83. The van der Waals surface area contributed by atoms with Gasteiger partial charge in [0, 0.05) is 14.0 Å². The van der Waals surface area contributed by atoms with Crippen molar-refractivity contribution in [1.82, 2.24) is 0 Å². The minimum Gasteiger partial charge on any atom is -0.0776 e. The molecule has 0 saturated heterocycles. The standard InChI is InChI=1S/C18H28Si/c1-12-13(2)15(4)18(14(12)3)17-10-8-9-16(17)11-19(5,6)7/h8-10,16,18H,11H2,1-7H3. The normalized spacial score (nSPS) is 24.8. The van der Waals surface area contributed by atoms with E-state index in [1.807, 2.05) is 0 Å². The summed E-state index contributed by atoms with van der Waals surface area (Å²) in [5.74, 6) is 1.26. The van der Waals surface area contributed by atoms with Gasteiger partial charge in [0.15, 0.2) is 0 Å². The molecule has 0 aromatic carbocycles. The van der Waals surface area contributed by atoms with Crippen LogP contribution in [0.2, 0.25) is 25.7 Å². The fourth-order valence-electron chi connectivity index (χ4n) is 3.54. The summed E-state index contributed by atoms with van der Waals surface area (Å²) < 4.78 is 0. The molecule has 0 heterocycles. The molecule has 0 aromatic rings. The van der Waals surface area contributed by atoms with Crippen LogP contribution in [0, 0.1) is 11.8 Å². The van der Waals surface area contributed by atoms with Crippen molar-refractivity contribution >= 4 is 8.07 Å². The highest BCUT2D eigenvalue weighted by Gasteiger charge is 2.33. The third-order valence-electron chi connectivity index (χ3n) is 4.84. The highest BCUT2D eigenvalue weighted by Crippen LogP contribution is 2.46. The first-order chi connectivity index (χ1) is 8.72. The summed E-state index contributed by atoms with van der Waals surface area (Å²) in [6.07, 6.45) is 7.09. The van der Waals surface area contributed by atoms with E-state index in [9.17, 15) is 0 Å². The highest BCUT2D eigenvalue weighted by atomic mass is 28.3. The van der Waals surface area contributed by atoms with Crippen molar-refractivity contribution in [2.75, 3.05) is 0 Å². The molecular weight excluding hydrogens is 244 g/mol. The molecule has 0 nitrogen and oxygen atoms in total. The Morgan fingerprint density at radius 2 is 1.47 bits per heavy atom. The Labute approximate surface area is 120 Å². The molecule has 104 valence electrons. The molecule has 2 rings (SSSR count). The monoisotopic (exact) mass is 272 g/mol. The maximum Gasteiger partial charge on any atom is 0.0451 e. The van der Waals surface area contributed by atoms with Gasteiger partial charge in [-0.15, -0.1) is 0 Å². The molecule has 0 amide bonds. The number of allylic oxidation sites excluding steroid dienone is 8. The van der Waals surface area contributed by atoms with Gasteiger partial charge in [-0.25, -0.2) is 0 Å². The fraction of sp³-hybridized carbons (Fsp3) is 0.556. The number of rotatable bonds is 3. The van der Waals surface area contributed by atoms with Crippen LogP contribution in [0.4, 0.5) is 0 Å². The number of hydrogen-bond donors (Lipinski definition) is 0. The van der Waals surface area contributed by atoms with Gasteiger partial charge in [0.25, 0.3) is 0 Å². The Morgan fingerprint density at radius 1 is 0.947 bits per heavy atom. The van der Waals surface area contributed by atoms with Gasteiger partial charge >= 0.3 is 0 Å². The second kappa shape index (κ2) is 4.94. The third-order valence-corrected chi connectivity index (χ3v) is 6.50. The van der Waals surface area contributed by atoms with Gasteiger partial charge in [-0.1, -0.05) is 54.6 Å². The Bertz CT molecular complexity index is 482.